The topological polar surface area (TPSA) is 47.5 Å². The lowest BCUT2D eigenvalue weighted by Gasteiger charge is -2.07. The maximum atomic E-state index is 6.02. The summed E-state index contributed by atoms with van der Waals surface area (Å²) in [5.41, 5.74) is 3.90. The number of nitrogens with zero attached hydrogens (tertiary/aromatic N) is 3. The molecule has 0 saturated heterocycles. The number of ether oxygens (including phenoxy) is 2. The quantitative estimate of drug-likeness (QED) is 0.313. The Kier molecular flexibility index (Phi) is 7.78. The molecule has 0 atom stereocenters. The first-order valence-electron chi connectivity index (χ1n) is 9.90. The third-order valence-corrected chi connectivity index (χ3v) is 5.15. The van der Waals surface area contributed by atoms with E-state index in [4.69, 9.17) is 32.7 Å². The molecule has 2 heterocycles. The van der Waals surface area contributed by atoms with E-state index in [1.54, 1.807) is 14.2 Å². The number of hydrogen-bond donors (Lipinski definition) is 0. The van der Waals surface area contributed by atoms with Crippen molar-refractivity contribution in [1.29, 1.82) is 0 Å². The fourth-order valence-corrected chi connectivity index (χ4v) is 3.61. The highest BCUT2D eigenvalue weighted by atomic mass is 35.5. The normalized spacial score (nSPS) is 10.8. The van der Waals surface area contributed by atoms with Crippen LogP contribution in [0.3, 0.4) is 0 Å². The van der Waals surface area contributed by atoms with Crippen molar-refractivity contribution in [3.05, 3.63) is 76.2 Å². The Morgan fingerprint density at radius 2 is 1.31 bits per heavy atom. The molecule has 0 fully saturated rings. The summed E-state index contributed by atoms with van der Waals surface area (Å²) >= 11 is 11.9. The highest BCUT2D eigenvalue weighted by Crippen LogP contribution is 2.26. The molecule has 166 valence electrons. The van der Waals surface area contributed by atoms with Gasteiger partial charge in [-0.3, -0.25) is 0 Å². The third-order valence-electron chi connectivity index (χ3n) is 4.76. The first-order chi connectivity index (χ1) is 15.3. The van der Waals surface area contributed by atoms with Gasteiger partial charge in [0, 0.05) is 24.9 Å². The first-order valence-corrected chi connectivity index (χ1v) is 10.7. The van der Waals surface area contributed by atoms with Crippen molar-refractivity contribution in [2.75, 3.05) is 28.3 Å². The lowest BCUT2D eigenvalue weighted by atomic mass is 10.1. The minimum Gasteiger partial charge on any atom is -0.497 e. The number of halogens is 2. The maximum Gasteiger partial charge on any atom is 0.130 e. The molecule has 0 spiro atoms. The first kappa shape index (κ1) is 23.6. The molecule has 7 heteroatoms. The van der Waals surface area contributed by atoms with Crippen LogP contribution < -0.4 is 9.47 Å². The molecule has 5 nitrogen and oxygen atoms in total. The van der Waals surface area contributed by atoms with Crippen LogP contribution in [0.2, 0.25) is 10.3 Å². The second kappa shape index (κ2) is 10.5. The van der Waals surface area contributed by atoms with Crippen molar-refractivity contribution in [3.63, 3.8) is 0 Å². The van der Waals surface area contributed by atoms with E-state index in [1.807, 2.05) is 86.7 Å². The summed E-state index contributed by atoms with van der Waals surface area (Å²) in [5, 5.41) is 3.12. The van der Waals surface area contributed by atoms with Gasteiger partial charge in [0.2, 0.25) is 0 Å². The van der Waals surface area contributed by atoms with Gasteiger partial charge in [0.1, 0.15) is 21.8 Å². The average molecular weight is 470 g/mol. The number of hydrogen-bond acceptors (Lipinski definition) is 5. The van der Waals surface area contributed by atoms with Crippen molar-refractivity contribution in [3.8, 4) is 11.5 Å². The van der Waals surface area contributed by atoms with Crippen molar-refractivity contribution in [2.45, 2.75) is 6.92 Å². The smallest absolute Gasteiger partial charge is 0.130 e. The zero-order valence-electron chi connectivity index (χ0n) is 18.7. The van der Waals surface area contributed by atoms with E-state index in [2.05, 4.69) is 9.97 Å². The molecule has 4 rings (SSSR count). The molecule has 32 heavy (non-hydrogen) atoms. The Balaban J connectivity index is 0.000000186. The van der Waals surface area contributed by atoms with E-state index < -0.39 is 0 Å². The molecule has 0 saturated carbocycles. The fourth-order valence-electron chi connectivity index (χ4n) is 3.15. The Morgan fingerprint density at radius 3 is 1.88 bits per heavy atom. The number of benzene rings is 2. The third kappa shape index (κ3) is 5.81. The summed E-state index contributed by atoms with van der Waals surface area (Å²) < 4.78 is 10.4. The van der Waals surface area contributed by atoms with E-state index in [0.717, 1.165) is 44.4 Å². The zero-order valence-corrected chi connectivity index (χ0v) is 20.2. The minimum atomic E-state index is 0.492. The molecule has 0 unspecified atom stereocenters. The highest BCUT2D eigenvalue weighted by Gasteiger charge is 2.05. The Labute approximate surface area is 198 Å². The van der Waals surface area contributed by atoms with Crippen LogP contribution in [0.25, 0.3) is 27.9 Å². The lowest BCUT2D eigenvalue weighted by Crippen LogP contribution is -1.99. The van der Waals surface area contributed by atoms with Gasteiger partial charge in [0.05, 0.1) is 25.3 Å². The van der Waals surface area contributed by atoms with Crippen LogP contribution in [0.15, 0.2) is 54.7 Å². The standard InChI is InChI=1S/C14H15ClN2O.C11H10ClNO/c1-17(2)7-6-10-8-14(15)16-13-5-4-11(18-3)9-12(10)13;1-7-5-11(12)13-10-4-3-8(14-2)6-9(7)10/h4-9H,1-3H3;3-6H,1-2H3/b7-6+;. The molecule has 2 aromatic heterocycles. The molecular weight excluding hydrogens is 445 g/mol. The molecule has 4 aromatic rings. The van der Waals surface area contributed by atoms with Crippen molar-refractivity contribution < 1.29 is 9.47 Å². The van der Waals surface area contributed by atoms with Crippen molar-refractivity contribution in [2.24, 2.45) is 0 Å². The maximum absolute atomic E-state index is 6.02. The van der Waals surface area contributed by atoms with Gasteiger partial charge >= 0.3 is 0 Å². The predicted molar refractivity (Wildman–Crippen MR) is 134 cm³/mol. The Hall–Kier alpha value is -3.02. The van der Waals surface area contributed by atoms with Gasteiger partial charge < -0.3 is 14.4 Å². The largest absolute Gasteiger partial charge is 0.497 e. The molecule has 0 aliphatic carbocycles. The molecule has 0 N–H and O–H groups in total. The molecule has 0 aliphatic rings. The lowest BCUT2D eigenvalue weighted by molar-refractivity contribution is 0.415. The summed E-state index contributed by atoms with van der Waals surface area (Å²) in [6, 6.07) is 15.2. The van der Waals surface area contributed by atoms with Gasteiger partial charge in [-0.05, 0) is 78.9 Å². The van der Waals surface area contributed by atoms with Crippen LogP contribution in [0.5, 0.6) is 11.5 Å². The average Bonchev–Trinajstić information content (AvgIpc) is 2.77. The van der Waals surface area contributed by atoms with Crippen molar-refractivity contribution >= 4 is 51.1 Å². The van der Waals surface area contributed by atoms with Gasteiger partial charge in [0.25, 0.3) is 0 Å². The molecule has 0 bridgehead atoms. The van der Waals surface area contributed by atoms with E-state index in [9.17, 15) is 0 Å². The zero-order chi connectivity index (χ0) is 23.3. The number of methoxy groups -OCH3 is 2. The monoisotopic (exact) mass is 469 g/mol. The summed E-state index contributed by atoms with van der Waals surface area (Å²) in [5.74, 6) is 1.65. The van der Waals surface area contributed by atoms with Crippen molar-refractivity contribution in [1.82, 2.24) is 14.9 Å². The van der Waals surface area contributed by atoms with E-state index >= 15 is 0 Å². The number of rotatable bonds is 4. The summed E-state index contributed by atoms with van der Waals surface area (Å²) in [7, 11) is 7.25. The summed E-state index contributed by atoms with van der Waals surface area (Å²) in [6.07, 6.45) is 3.99. The van der Waals surface area contributed by atoms with Gasteiger partial charge in [-0.15, -0.1) is 0 Å². The molecule has 2 aromatic carbocycles. The second-order valence-electron chi connectivity index (χ2n) is 7.34. The van der Waals surface area contributed by atoms with Crippen LogP contribution in [-0.4, -0.2) is 43.2 Å². The molecule has 0 amide bonds. The second-order valence-corrected chi connectivity index (χ2v) is 8.12. The molecule has 0 aliphatic heterocycles. The molecule has 0 radical (unpaired) electrons. The van der Waals surface area contributed by atoms with Gasteiger partial charge in [-0.2, -0.15) is 0 Å². The van der Waals surface area contributed by atoms with E-state index in [-0.39, 0.29) is 0 Å². The van der Waals surface area contributed by atoms with Crippen LogP contribution >= 0.6 is 23.2 Å². The predicted octanol–water partition coefficient (Wildman–Crippen LogP) is 6.63. The van der Waals surface area contributed by atoms with Gasteiger partial charge in [-0.25, -0.2) is 9.97 Å². The van der Waals surface area contributed by atoms with Gasteiger partial charge in [0.15, 0.2) is 0 Å². The molecular formula is C25H25Cl2N3O2. The SMILES string of the molecule is COc1ccc2nc(Cl)cc(/C=C/N(C)C)c2c1.COc1ccc2nc(Cl)cc(C)c2c1. The van der Waals surface area contributed by atoms with Gasteiger partial charge in [-0.1, -0.05) is 23.2 Å². The number of aromatic nitrogens is 2. The highest BCUT2D eigenvalue weighted by molar-refractivity contribution is 6.30. The van der Waals surface area contributed by atoms with Crippen LogP contribution in [0.4, 0.5) is 0 Å². The van der Waals surface area contributed by atoms with Crippen LogP contribution in [-0.2, 0) is 0 Å². The minimum absolute atomic E-state index is 0.492. The Bertz CT molecular complexity index is 1270. The fraction of sp³-hybridized carbons (Fsp3) is 0.200. The number of fused-ring (bicyclic) bond motifs is 2. The summed E-state index contributed by atoms with van der Waals surface area (Å²) in [4.78, 5) is 10.5. The van der Waals surface area contributed by atoms with Crippen LogP contribution in [0.1, 0.15) is 11.1 Å². The van der Waals surface area contributed by atoms with E-state index in [0.29, 0.717) is 10.3 Å². The Morgan fingerprint density at radius 1 is 0.781 bits per heavy atom. The van der Waals surface area contributed by atoms with E-state index in [1.165, 1.54) is 0 Å². The number of pyridine rings is 2. The summed E-state index contributed by atoms with van der Waals surface area (Å²) in [6.45, 7) is 2.01. The van der Waals surface area contributed by atoms with Crippen LogP contribution in [0, 0.1) is 6.92 Å². The number of aryl methyl sites for hydroxylation is 1.